The fourth-order valence-electron chi connectivity index (χ4n) is 4.22. The Balaban J connectivity index is 1.55. The van der Waals surface area contributed by atoms with Crippen molar-refractivity contribution in [3.05, 3.63) is 65.2 Å². The summed E-state index contributed by atoms with van der Waals surface area (Å²) in [6.45, 7) is 8.33. The zero-order chi connectivity index (χ0) is 20.1. The summed E-state index contributed by atoms with van der Waals surface area (Å²) in [5.41, 5.74) is 4.08. The van der Waals surface area contributed by atoms with Gasteiger partial charge in [0.15, 0.2) is 6.10 Å². The Labute approximate surface area is 169 Å². The molecule has 1 aliphatic carbocycles. The van der Waals surface area contributed by atoms with Crippen molar-refractivity contribution in [3.8, 4) is 5.75 Å². The van der Waals surface area contributed by atoms with Crippen LogP contribution in [0.5, 0.6) is 5.75 Å². The van der Waals surface area contributed by atoms with E-state index in [2.05, 4.69) is 62.5 Å². The second kappa shape index (κ2) is 8.81. The maximum atomic E-state index is 12.6. The van der Waals surface area contributed by atoms with Crippen LogP contribution in [-0.4, -0.2) is 18.1 Å². The third-order valence-electron chi connectivity index (χ3n) is 5.76. The van der Waals surface area contributed by atoms with E-state index in [0.717, 1.165) is 25.0 Å². The highest BCUT2D eigenvalue weighted by atomic mass is 16.5. The van der Waals surface area contributed by atoms with Gasteiger partial charge >= 0.3 is 0 Å². The molecule has 0 aliphatic heterocycles. The molecule has 0 spiro atoms. The maximum absolute atomic E-state index is 12.6. The molecular weight excluding hydrogens is 346 g/mol. The van der Waals surface area contributed by atoms with Crippen LogP contribution in [0.25, 0.3) is 0 Å². The van der Waals surface area contributed by atoms with E-state index in [4.69, 9.17) is 4.74 Å². The summed E-state index contributed by atoms with van der Waals surface area (Å²) in [6.07, 6.45) is 5.13. The SMILES string of the molecule is C[C@H](CC(C)(C)c1ccccc1)NC(=O)[C@@H](C)Oc1ccc2c(c1)CCCC2. The van der Waals surface area contributed by atoms with E-state index in [-0.39, 0.29) is 17.4 Å². The molecule has 2 atom stereocenters. The highest BCUT2D eigenvalue weighted by Gasteiger charge is 2.25. The Hall–Kier alpha value is -2.29. The normalized spacial score (nSPS) is 16.0. The predicted molar refractivity (Wildman–Crippen MR) is 115 cm³/mol. The van der Waals surface area contributed by atoms with E-state index in [1.807, 2.05) is 19.1 Å². The van der Waals surface area contributed by atoms with Crippen molar-refractivity contribution in [1.29, 1.82) is 0 Å². The minimum absolute atomic E-state index is 0.00343. The van der Waals surface area contributed by atoms with Gasteiger partial charge in [-0.3, -0.25) is 4.79 Å². The van der Waals surface area contributed by atoms with E-state index >= 15 is 0 Å². The summed E-state index contributed by atoms with van der Waals surface area (Å²) in [5.74, 6) is 0.731. The molecule has 0 unspecified atom stereocenters. The van der Waals surface area contributed by atoms with Gasteiger partial charge < -0.3 is 10.1 Å². The number of nitrogens with one attached hydrogen (secondary N) is 1. The molecule has 2 aromatic rings. The summed E-state index contributed by atoms with van der Waals surface area (Å²) in [5, 5.41) is 3.12. The van der Waals surface area contributed by atoms with Crippen LogP contribution in [0.15, 0.2) is 48.5 Å². The highest BCUT2D eigenvalue weighted by molar-refractivity contribution is 5.81. The maximum Gasteiger partial charge on any atom is 0.260 e. The van der Waals surface area contributed by atoms with Crippen LogP contribution in [0.4, 0.5) is 0 Å². The Bertz CT molecular complexity index is 797. The van der Waals surface area contributed by atoms with Crippen LogP contribution in [0, 0.1) is 0 Å². The summed E-state index contributed by atoms with van der Waals surface area (Å²) < 4.78 is 5.95. The monoisotopic (exact) mass is 379 g/mol. The molecule has 2 aromatic carbocycles. The Morgan fingerprint density at radius 3 is 2.43 bits per heavy atom. The van der Waals surface area contributed by atoms with Crippen molar-refractivity contribution >= 4 is 5.91 Å². The molecule has 0 heterocycles. The standard InChI is InChI=1S/C25H33NO2/c1-18(17-25(3,4)22-12-6-5-7-13-22)26-24(27)19(2)28-23-15-14-20-10-8-9-11-21(20)16-23/h5-7,12-16,18-19H,8-11,17H2,1-4H3,(H,26,27)/t18-,19-/m1/s1. The zero-order valence-corrected chi connectivity index (χ0v) is 17.6. The van der Waals surface area contributed by atoms with E-state index < -0.39 is 6.10 Å². The summed E-state index contributed by atoms with van der Waals surface area (Å²) in [4.78, 5) is 12.6. The van der Waals surface area contributed by atoms with Crippen molar-refractivity contribution in [3.63, 3.8) is 0 Å². The van der Waals surface area contributed by atoms with E-state index in [0.29, 0.717) is 0 Å². The minimum Gasteiger partial charge on any atom is -0.481 e. The fourth-order valence-corrected chi connectivity index (χ4v) is 4.22. The number of carbonyl (C=O) groups is 1. The molecule has 3 heteroatoms. The topological polar surface area (TPSA) is 38.3 Å². The average Bonchev–Trinajstić information content (AvgIpc) is 2.68. The first kappa shape index (κ1) is 20.4. The third kappa shape index (κ3) is 5.15. The van der Waals surface area contributed by atoms with E-state index in [1.165, 1.54) is 29.5 Å². The molecule has 1 aliphatic rings. The van der Waals surface area contributed by atoms with Gasteiger partial charge in [-0.15, -0.1) is 0 Å². The van der Waals surface area contributed by atoms with Crippen LogP contribution in [-0.2, 0) is 23.1 Å². The first-order valence-corrected chi connectivity index (χ1v) is 10.5. The predicted octanol–water partition coefficient (Wildman–Crippen LogP) is 5.21. The zero-order valence-electron chi connectivity index (χ0n) is 17.6. The van der Waals surface area contributed by atoms with Gasteiger partial charge in [0.05, 0.1) is 0 Å². The smallest absolute Gasteiger partial charge is 0.260 e. The number of fused-ring (bicyclic) bond motifs is 1. The van der Waals surface area contributed by atoms with Gasteiger partial charge in [-0.1, -0.05) is 50.2 Å². The number of aryl methyl sites for hydroxylation is 2. The Morgan fingerprint density at radius 1 is 1.04 bits per heavy atom. The lowest BCUT2D eigenvalue weighted by Gasteiger charge is -2.29. The van der Waals surface area contributed by atoms with Crippen LogP contribution in [0.3, 0.4) is 0 Å². The molecular formula is C25H33NO2. The molecule has 0 bridgehead atoms. The summed E-state index contributed by atoms with van der Waals surface area (Å²) >= 11 is 0. The molecule has 150 valence electrons. The van der Waals surface area contributed by atoms with Crippen molar-refractivity contribution in [2.45, 2.75) is 77.4 Å². The first-order chi connectivity index (χ1) is 13.3. The van der Waals surface area contributed by atoms with E-state index in [9.17, 15) is 4.79 Å². The van der Waals surface area contributed by atoms with Crippen LogP contribution in [0.2, 0.25) is 0 Å². The number of hydrogen-bond acceptors (Lipinski definition) is 2. The van der Waals surface area contributed by atoms with Crippen molar-refractivity contribution < 1.29 is 9.53 Å². The number of hydrogen-bond donors (Lipinski definition) is 1. The second-order valence-electron chi connectivity index (χ2n) is 8.76. The number of carbonyl (C=O) groups excluding carboxylic acids is 1. The Kier molecular flexibility index (Phi) is 6.43. The number of benzene rings is 2. The fraction of sp³-hybridized carbons (Fsp3) is 0.480. The summed E-state index contributed by atoms with van der Waals surface area (Å²) in [6, 6.07) is 16.8. The second-order valence-corrected chi connectivity index (χ2v) is 8.76. The average molecular weight is 380 g/mol. The molecule has 3 nitrogen and oxygen atoms in total. The van der Waals surface area contributed by atoms with Gasteiger partial charge in [0.2, 0.25) is 0 Å². The molecule has 1 N–H and O–H groups in total. The van der Waals surface area contributed by atoms with Gasteiger partial charge in [0.1, 0.15) is 5.75 Å². The molecule has 28 heavy (non-hydrogen) atoms. The molecule has 1 amide bonds. The van der Waals surface area contributed by atoms with Crippen molar-refractivity contribution in [1.82, 2.24) is 5.32 Å². The lowest BCUT2D eigenvalue weighted by atomic mass is 9.79. The molecule has 0 fully saturated rings. The number of amides is 1. The molecule has 0 saturated heterocycles. The lowest BCUT2D eigenvalue weighted by Crippen LogP contribution is -2.43. The van der Waals surface area contributed by atoms with Gasteiger partial charge in [-0.25, -0.2) is 0 Å². The molecule has 0 aromatic heterocycles. The Morgan fingerprint density at radius 2 is 1.71 bits per heavy atom. The first-order valence-electron chi connectivity index (χ1n) is 10.5. The van der Waals surface area contributed by atoms with E-state index in [1.54, 1.807) is 0 Å². The quantitative estimate of drug-likeness (QED) is 0.717. The highest BCUT2D eigenvalue weighted by Crippen LogP contribution is 2.28. The lowest BCUT2D eigenvalue weighted by molar-refractivity contribution is -0.128. The van der Waals surface area contributed by atoms with Gasteiger partial charge in [-0.05, 0) is 80.2 Å². The third-order valence-corrected chi connectivity index (χ3v) is 5.76. The van der Waals surface area contributed by atoms with Gasteiger partial charge in [0, 0.05) is 6.04 Å². The molecule has 0 radical (unpaired) electrons. The van der Waals surface area contributed by atoms with Crippen molar-refractivity contribution in [2.24, 2.45) is 0 Å². The van der Waals surface area contributed by atoms with Gasteiger partial charge in [0.25, 0.3) is 5.91 Å². The molecule has 3 rings (SSSR count). The van der Waals surface area contributed by atoms with Gasteiger partial charge in [-0.2, -0.15) is 0 Å². The summed E-state index contributed by atoms with van der Waals surface area (Å²) in [7, 11) is 0. The minimum atomic E-state index is -0.510. The van der Waals surface area contributed by atoms with Crippen LogP contribution >= 0.6 is 0 Å². The molecule has 0 saturated carbocycles. The largest absolute Gasteiger partial charge is 0.481 e. The van der Waals surface area contributed by atoms with Crippen LogP contribution in [0.1, 0.15) is 63.6 Å². The van der Waals surface area contributed by atoms with Crippen LogP contribution < -0.4 is 10.1 Å². The number of rotatable bonds is 7. The number of ether oxygens (including phenoxy) is 1. The van der Waals surface area contributed by atoms with Crippen molar-refractivity contribution in [2.75, 3.05) is 0 Å².